The van der Waals surface area contributed by atoms with Crippen molar-refractivity contribution >= 4 is 58.4 Å². The Morgan fingerprint density at radius 3 is 2.31 bits per heavy atom. The molecular formula is C27H27Cl3N2O2S. The van der Waals surface area contributed by atoms with Crippen molar-refractivity contribution < 1.29 is 9.59 Å². The molecule has 4 nitrogen and oxygen atoms in total. The first-order chi connectivity index (χ1) is 16.9. The molecule has 0 spiro atoms. The van der Waals surface area contributed by atoms with E-state index in [4.69, 9.17) is 34.8 Å². The SMILES string of the molecule is CCNC(=O)[C@@H](Cc1ccccc1)N(Cc1ccc(Cl)cc1Cl)C(=O)CSCc1cccc(Cl)c1. The molecule has 0 aromatic heterocycles. The van der Waals surface area contributed by atoms with E-state index < -0.39 is 6.04 Å². The summed E-state index contributed by atoms with van der Waals surface area (Å²) in [4.78, 5) is 28.4. The number of likely N-dealkylation sites (N-methyl/N-ethyl adjacent to an activating group) is 1. The standard InChI is InChI=1S/C27H27Cl3N2O2S/c1-2-31-27(34)25(14-19-7-4-3-5-8-19)32(16-21-11-12-23(29)15-24(21)30)26(33)18-35-17-20-9-6-10-22(28)13-20/h3-13,15,25H,2,14,16-18H2,1H3,(H,31,34)/t25-/m1/s1. The summed E-state index contributed by atoms with van der Waals surface area (Å²) in [6.07, 6.45) is 0.391. The molecule has 3 rings (SSSR count). The van der Waals surface area contributed by atoms with E-state index >= 15 is 0 Å². The maximum atomic E-state index is 13.6. The Bertz CT molecular complexity index is 1140. The average molecular weight is 550 g/mol. The van der Waals surface area contributed by atoms with Gasteiger partial charge in [0.05, 0.1) is 5.75 Å². The van der Waals surface area contributed by atoms with Crippen LogP contribution in [0.25, 0.3) is 0 Å². The molecule has 0 fully saturated rings. The van der Waals surface area contributed by atoms with Crippen molar-refractivity contribution in [3.63, 3.8) is 0 Å². The van der Waals surface area contributed by atoms with Gasteiger partial charge in [0.2, 0.25) is 11.8 Å². The highest BCUT2D eigenvalue weighted by Gasteiger charge is 2.30. The van der Waals surface area contributed by atoms with Crippen molar-refractivity contribution in [1.29, 1.82) is 0 Å². The second kappa shape index (κ2) is 13.8. The third-order valence-corrected chi connectivity index (χ3v) is 7.17. The zero-order valence-electron chi connectivity index (χ0n) is 19.3. The molecule has 0 bridgehead atoms. The molecule has 8 heteroatoms. The van der Waals surface area contributed by atoms with E-state index in [1.807, 2.05) is 61.5 Å². The van der Waals surface area contributed by atoms with E-state index in [1.165, 1.54) is 11.8 Å². The van der Waals surface area contributed by atoms with Crippen LogP contribution < -0.4 is 5.32 Å². The molecule has 0 radical (unpaired) electrons. The lowest BCUT2D eigenvalue weighted by molar-refractivity contribution is -0.139. The largest absolute Gasteiger partial charge is 0.355 e. The Balaban J connectivity index is 1.85. The molecule has 0 aliphatic rings. The number of hydrogen-bond donors (Lipinski definition) is 1. The van der Waals surface area contributed by atoms with E-state index in [2.05, 4.69) is 5.32 Å². The molecular weight excluding hydrogens is 523 g/mol. The van der Waals surface area contributed by atoms with Crippen LogP contribution in [0, 0.1) is 0 Å². The Morgan fingerprint density at radius 1 is 0.914 bits per heavy atom. The Hall–Kier alpha value is -2.18. The minimum absolute atomic E-state index is 0.143. The lowest BCUT2D eigenvalue weighted by Gasteiger charge is -2.31. The van der Waals surface area contributed by atoms with Crippen molar-refractivity contribution in [2.24, 2.45) is 0 Å². The first-order valence-corrected chi connectivity index (χ1v) is 13.5. The molecule has 3 aromatic carbocycles. The summed E-state index contributed by atoms with van der Waals surface area (Å²) in [6, 6.07) is 21.7. The molecule has 0 aliphatic carbocycles. The molecule has 184 valence electrons. The van der Waals surface area contributed by atoms with Gasteiger partial charge in [0.15, 0.2) is 0 Å². The van der Waals surface area contributed by atoms with Crippen LogP contribution in [0.4, 0.5) is 0 Å². The van der Waals surface area contributed by atoms with Gasteiger partial charge in [-0.3, -0.25) is 9.59 Å². The predicted molar refractivity (Wildman–Crippen MR) is 147 cm³/mol. The molecule has 0 aliphatic heterocycles. The molecule has 3 aromatic rings. The number of halogens is 3. The third kappa shape index (κ3) is 8.46. The highest BCUT2D eigenvalue weighted by atomic mass is 35.5. The Kier molecular flexibility index (Phi) is 10.8. The van der Waals surface area contributed by atoms with Crippen LogP contribution in [0.5, 0.6) is 0 Å². The topological polar surface area (TPSA) is 49.4 Å². The summed E-state index contributed by atoms with van der Waals surface area (Å²) < 4.78 is 0. The summed E-state index contributed by atoms with van der Waals surface area (Å²) in [5, 5.41) is 4.52. The first-order valence-electron chi connectivity index (χ1n) is 11.2. The number of rotatable bonds is 11. The van der Waals surface area contributed by atoms with Crippen LogP contribution in [0.3, 0.4) is 0 Å². The first kappa shape index (κ1) is 27.4. The number of nitrogens with zero attached hydrogens (tertiary/aromatic N) is 1. The summed E-state index contributed by atoms with van der Waals surface area (Å²) in [5.74, 6) is 0.499. The smallest absolute Gasteiger partial charge is 0.243 e. The molecule has 1 atom stereocenters. The fourth-order valence-electron chi connectivity index (χ4n) is 3.65. The average Bonchev–Trinajstić information content (AvgIpc) is 2.83. The van der Waals surface area contributed by atoms with Gasteiger partial charge in [-0.1, -0.05) is 83.3 Å². The minimum Gasteiger partial charge on any atom is -0.355 e. The van der Waals surface area contributed by atoms with Gasteiger partial charge in [-0.2, -0.15) is 0 Å². The summed E-state index contributed by atoms with van der Waals surface area (Å²) in [7, 11) is 0. The number of nitrogens with one attached hydrogen (secondary N) is 1. The van der Waals surface area contributed by atoms with Gasteiger partial charge in [-0.15, -0.1) is 11.8 Å². The molecule has 35 heavy (non-hydrogen) atoms. The molecule has 2 amide bonds. The van der Waals surface area contributed by atoms with Gasteiger partial charge in [-0.25, -0.2) is 0 Å². The Labute approximate surface area is 225 Å². The lowest BCUT2D eigenvalue weighted by atomic mass is 10.0. The minimum atomic E-state index is -0.691. The van der Waals surface area contributed by atoms with Crippen LogP contribution in [0.1, 0.15) is 23.6 Å². The van der Waals surface area contributed by atoms with E-state index in [9.17, 15) is 9.59 Å². The number of carbonyl (C=O) groups is 2. The van der Waals surface area contributed by atoms with Gasteiger partial charge < -0.3 is 10.2 Å². The molecule has 0 heterocycles. The molecule has 0 unspecified atom stereocenters. The van der Waals surface area contributed by atoms with E-state index in [1.54, 1.807) is 23.1 Å². The number of thioether (sulfide) groups is 1. The van der Waals surface area contributed by atoms with E-state index in [0.717, 1.165) is 16.7 Å². The highest BCUT2D eigenvalue weighted by molar-refractivity contribution is 7.99. The van der Waals surface area contributed by atoms with Crippen LogP contribution >= 0.6 is 46.6 Å². The molecule has 0 saturated heterocycles. The quantitative estimate of drug-likeness (QED) is 0.291. The van der Waals surface area contributed by atoms with Crippen molar-refractivity contribution in [2.45, 2.75) is 31.7 Å². The van der Waals surface area contributed by atoms with Gasteiger partial charge >= 0.3 is 0 Å². The summed E-state index contributed by atoms with van der Waals surface area (Å²) in [5.41, 5.74) is 2.73. The second-order valence-corrected chi connectivity index (χ2v) is 10.2. The number of amides is 2. The normalized spacial score (nSPS) is 11.7. The van der Waals surface area contributed by atoms with Crippen molar-refractivity contribution in [1.82, 2.24) is 10.2 Å². The van der Waals surface area contributed by atoms with Crippen LogP contribution in [-0.4, -0.2) is 35.1 Å². The zero-order valence-corrected chi connectivity index (χ0v) is 22.4. The highest BCUT2D eigenvalue weighted by Crippen LogP contribution is 2.25. The zero-order chi connectivity index (χ0) is 25.2. The van der Waals surface area contributed by atoms with Gasteiger partial charge in [0.25, 0.3) is 0 Å². The van der Waals surface area contributed by atoms with Gasteiger partial charge in [-0.05, 0) is 47.9 Å². The molecule has 0 saturated carbocycles. The summed E-state index contributed by atoms with van der Waals surface area (Å²) in [6.45, 7) is 2.53. The monoisotopic (exact) mass is 548 g/mol. The molecule has 1 N–H and O–H groups in total. The van der Waals surface area contributed by atoms with Gasteiger partial charge in [0, 0.05) is 40.3 Å². The van der Waals surface area contributed by atoms with Crippen LogP contribution in [0.2, 0.25) is 15.1 Å². The number of benzene rings is 3. The third-order valence-electron chi connectivity index (χ3n) is 5.36. The number of carbonyl (C=O) groups excluding carboxylic acids is 2. The lowest BCUT2D eigenvalue weighted by Crippen LogP contribution is -2.51. The maximum Gasteiger partial charge on any atom is 0.243 e. The van der Waals surface area contributed by atoms with Crippen molar-refractivity contribution in [2.75, 3.05) is 12.3 Å². The summed E-state index contributed by atoms with van der Waals surface area (Å²) >= 11 is 20.1. The van der Waals surface area contributed by atoms with Crippen molar-refractivity contribution in [3.8, 4) is 0 Å². The number of hydrogen-bond acceptors (Lipinski definition) is 3. The second-order valence-electron chi connectivity index (χ2n) is 7.98. The Morgan fingerprint density at radius 2 is 1.63 bits per heavy atom. The van der Waals surface area contributed by atoms with E-state index in [0.29, 0.717) is 33.8 Å². The van der Waals surface area contributed by atoms with Crippen LogP contribution in [0.15, 0.2) is 72.8 Å². The van der Waals surface area contributed by atoms with Crippen LogP contribution in [-0.2, 0) is 28.3 Å². The fraction of sp³-hybridized carbons (Fsp3) is 0.259. The fourth-order valence-corrected chi connectivity index (χ4v) is 5.18. The van der Waals surface area contributed by atoms with E-state index in [-0.39, 0.29) is 24.1 Å². The van der Waals surface area contributed by atoms with Crippen molar-refractivity contribution in [3.05, 3.63) is 105 Å². The maximum absolute atomic E-state index is 13.6. The van der Waals surface area contributed by atoms with Gasteiger partial charge in [0.1, 0.15) is 6.04 Å². The predicted octanol–water partition coefficient (Wildman–Crippen LogP) is 6.66.